The number of anilines is 2. The maximum absolute atomic E-state index is 12.3. The van der Waals surface area contributed by atoms with Gasteiger partial charge >= 0.3 is 0 Å². The van der Waals surface area contributed by atoms with Gasteiger partial charge in [0.05, 0.1) is 5.69 Å². The molecule has 0 saturated carbocycles. The highest BCUT2D eigenvalue weighted by Crippen LogP contribution is 2.36. The summed E-state index contributed by atoms with van der Waals surface area (Å²) in [5.41, 5.74) is 1.25. The second-order valence-electron chi connectivity index (χ2n) is 5.67. The first-order valence-electron chi connectivity index (χ1n) is 7.75. The molecule has 2 heterocycles. The Kier molecular flexibility index (Phi) is 4.34. The molecule has 0 aliphatic carbocycles. The number of benzene rings is 1. The number of fused-ring (bicyclic) bond motifs is 1. The van der Waals surface area contributed by atoms with Crippen molar-refractivity contribution in [1.29, 1.82) is 0 Å². The Balaban J connectivity index is 1.83. The second-order valence-corrected chi connectivity index (χ2v) is 5.67. The molecule has 2 atom stereocenters. The van der Waals surface area contributed by atoms with E-state index >= 15 is 0 Å². The van der Waals surface area contributed by atoms with Crippen molar-refractivity contribution in [2.24, 2.45) is 0 Å². The molecule has 0 radical (unpaired) electrons. The summed E-state index contributed by atoms with van der Waals surface area (Å²) in [7, 11) is 0. The minimum Gasteiger partial charge on any atom is -0.479 e. The van der Waals surface area contributed by atoms with Crippen LogP contribution in [-0.4, -0.2) is 37.2 Å². The molecule has 1 N–H and O–H groups in total. The van der Waals surface area contributed by atoms with Crippen LogP contribution in [-0.2, 0) is 14.3 Å². The van der Waals surface area contributed by atoms with Crippen molar-refractivity contribution in [3.8, 4) is 5.75 Å². The molecule has 23 heavy (non-hydrogen) atoms. The predicted molar refractivity (Wildman–Crippen MR) is 86.7 cm³/mol. The van der Waals surface area contributed by atoms with Gasteiger partial charge in [0.1, 0.15) is 11.9 Å². The summed E-state index contributed by atoms with van der Waals surface area (Å²) in [6, 6.07) is 5.27. The first-order chi connectivity index (χ1) is 11.1. The summed E-state index contributed by atoms with van der Waals surface area (Å²) in [5, 5.41) is 2.84. The van der Waals surface area contributed by atoms with Gasteiger partial charge in [-0.1, -0.05) is 6.08 Å². The lowest BCUT2D eigenvalue weighted by atomic mass is 10.1. The number of hydrogen-bond acceptors (Lipinski definition) is 4. The molecule has 0 bridgehead atoms. The molecule has 0 spiro atoms. The fraction of sp³-hybridized carbons (Fsp3) is 0.412. The average molecular weight is 316 g/mol. The van der Waals surface area contributed by atoms with Gasteiger partial charge in [-0.05, 0) is 38.0 Å². The molecule has 2 aliphatic heterocycles. The molecule has 122 valence electrons. The van der Waals surface area contributed by atoms with Gasteiger partial charge < -0.3 is 19.7 Å². The van der Waals surface area contributed by atoms with E-state index in [4.69, 9.17) is 9.47 Å². The number of carbonyl (C=O) groups is 2. The third kappa shape index (κ3) is 3.07. The molecule has 3 rings (SSSR count). The molecule has 2 aliphatic rings. The Labute approximate surface area is 135 Å². The van der Waals surface area contributed by atoms with Crippen molar-refractivity contribution in [2.45, 2.75) is 32.0 Å². The third-order valence-electron chi connectivity index (χ3n) is 3.97. The van der Waals surface area contributed by atoms with Gasteiger partial charge in [0.2, 0.25) is 0 Å². The zero-order chi connectivity index (χ0) is 16.4. The van der Waals surface area contributed by atoms with Crippen LogP contribution in [0.4, 0.5) is 11.4 Å². The zero-order valence-corrected chi connectivity index (χ0v) is 13.1. The van der Waals surface area contributed by atoms with E-state index in [0.717, 1.165) is 12.8 Å². The molecular weight excluding hydrogens is 296 g/mol. The van der Waals surface area contributed by atoms with E-state index in [-0.39, 0.29) is 11.8 Å². The maximum atomic E-state index is 12.3. The summed E-state index contributed by atoms with van der Waals surface area (Å²) in [6.07, 6.45) is 2.37. The van der Waals surface area contributed by atoms with Crippen LogP contribution in [0.15, 0.2) is 30.9 Å². The van der Waals surface area contributed by atoms with Gasteiger partial charge in [0.15, 0.2) is 6.10 Å². The van der Waals surface area contributed by atoms with Gasteiger partial charge in [-0.3, -0.25) is 9.59 Å². The van der Waals surface area contributed by atoms with E-state index in [1.54, 1.807) is 36.1 Å². The standard InChI is InChI=1S/C17H20N2O4/c1-3-8-19-13-10-12(18-16(20)15-5-4-9-22-15)6-7-14(13)23-11(2)17(19)21/h3,6-7,10-11,15H,1,4-5,8-9H2,2H3,(H,18,20). The average Bonchev–Trinajstić information content (AvgIpc) is 3.07. The Morgan fingerprint density at radius 2 is 2.35 bits per heavy atom. The lowest BCUT2D eigenvalue weighted by molar-refractivity contribution is -0.125. The quantitative estimate of drug-likeness (QED) is 0.864. The van der Waals surface area contributed by atoms with Crippen LogP contribution in [0.2, 0.25) is 0 Å². The maximum Gasteiger partial charge on any atom is 0.268 e. The van der Waals surface area contributed by atoms with E-state index in [0.29, 0.717) is 30.3 Å². The zero-order valence-electron chi connectivity index (χ0n) is 13.1. The monoisotopic (exact) mass is 316 g/mol. The predicted octanol–water partition coefficient (Wildman–Crippen LogP) is 2.10. The van der Waals surface area contributed by atoms with Gasteiger partial charge in [0, 0.05) is 18.8 Å². The van der Waals surface area contributed by atoms with Crippen molar-refractivity contribution >= 4 is 23.2 Å². The molecule has 1 aromatic carbocycles. The van der Waals surface area contributed by atoms with Crippen LogP contribution >= 0.6 is 0 Å². The van der Waals surface area contributed by atoms with Crippen LogP contribution in [0.1, 0.15) is 19.8 Å². The number of ether oxygens (including phenoxy) is 2. The topological polar surface area (TPSA) is 67.9 Å². The number of nitrogens with zero attached hydrogens (tertiary/aromatic N) is 1. The summed E-state index contributed by atoms with van der Waals surface area (Å²) in [5.74, 6) is 0.336. The molecule has 0 aromatic heterocycles. The lowest BCUT2D eigenvalue weighted by Crippen LogP contribution is -2.44. The van der Waals surface area contributed by atoms with Gasteiger partial charge in [-0.25, -0.2) is 0 Å². The van der Waals surface area contributed by atoms with Gasteiger partial charge in [-0.15, -0.1) is 6.58 Å². The fourth-order valence-corrected chi connectivity index (χ4v) is 2.81. The molecule has 1 aromatic rings. The largest absolute Gasteiger partial charge is 0.479 e. The van der Waals surface area contributed by atoms with Gasteiger partial charge in [-0.2, -0.15) is 0 Å². The highest BCUT2D eigenvalue weighted by atomic mass is 16.5. The highest BCUT2D eigenvalue weighted by Gasteiger charge is 2.31. The van der Waals surface area contributed by atoms with E-state index < -0.39 is 12.2 Å². The number of amides is 2. The molecule has 1 saturated heterocycles. The Morgan fingerprint density at radius 3 is 3.04 bits per heavy atom. The summed E-state index contributed by atoms with van der Waals surface area (Å²) in [6.45, 7) is 6.42. The van der Waals surface area contributed by atoms with Gasteiger partial charge in [0.25, 0.3) is 11.8 Å². The van der Waals surface area contributed by atoms with Crippen LogP contribution in [0.25, 0.3) is 0 Å². The minimum atomic E-state index is -0.533. The van der Waals surface area contributed by atoms with E-state index in [1.807, 2.05) is 0 Å². The Morgan fingerprint density at radius 1 is 1.52 bits per heavy atom. The highest BCUT2D eigenvalue weighted by molar-refractivity contribution is 6.01. The Bertz CT molecular complexity index is 637. The van der Waals surface area contributed by atoms with E-state index in [9.17, 15) is 9.59 Å². The number of hydrogen-bond donors (Lipinski definition) is 1. The first-order valence-corrected chi connectivity index (χ1v) is 7.75. The van der Waals surface area contributed by atoms with Crippen LogP contribution in [0.5, 0.6) is 5.75 Å². The van der Waals surface area contributed by atoms with Crippen molar-refractivity contribution in [2.75, 3.05) is 23.4 Å². The van der Waals surface area contributed by atoms with Crippen LogP contribution in [0.3, 0.4) is 0 Å². The third-order valence-corrected chi connectivity index (χ3v) is 3.97. The molecular formula is C17H20N2O4. The number of carbonyl (C=O) groups excluding carboxylic acids is 2. The van der Waals surface area contributed by atoms with Crippen LogP contribution in [0, 0.1) is 0 Å². The summed E-state index contributed by atoms with van der Waals surface area (Å²) < 4.78 is 11.0. The number of rotatable bonds is 4. The normalized spacial score (nSPS) is 23.2. The number of nitrogens with one attached hydrogen (secondary N) is 1. The van der Waals surface area contributed by atoms with E-state index in [2.05, 4.69) is 11.9 Å². The van der Waals surface area contributed by atoms with Crippen molar-refractivity contribution in [1.82, 2.24) is 0 Å². The lowest BCUT2D eigenvalue weighted by Gasteiger charge is -2.32. The Hall–Kier alpha value is -2.34. The van der Waals surface area contributed by atoms with E-state index in [1.165, 1.54) is 0 Å². The van der Waals surface area contributed by atoms with Crippen LogP contribution < -0.4 is 15.0 Å². The first kappa shape index (κ1) is 15.6. The second kappa shape index (κ2) is 6.42. The molecule has 2 unspecified atom stereocenters. The van der Waals surface area contributed by atoms with Crippen molar-refractivity contribution in [3.63, 3.8) is 0 Å². The molecule has 6 heteroatoms. The molecule has 6 nitrogen and oxygen atoms in total. The minimum absolute atomic E-state index is 0.125. The summed E-state index contributed by atoms with van der Waals surface area (Å²) in [4.78, 5) is 26.0. The summed E-state index contributed by atoms with van der Waals surface area (Å²) >= 11 is 0. The van der Waals surface area contributed by atoms with Crippen molar-refractivity contribution < 1.29 is 19.1 Å². The van der Waals surface area contributed by atoms with Crippen molar-refractivity contribution in [3.05, 3.63) is 30.9 Å². The molecule has 1 fully saturated rings. The molecule has 2 amide bonds. The fourth-order valence-electron chi connectivity index (χ4n) is 2.81. The smallest absolute Gasteiger partial charge is 0.268 e. The SMILES string of the molecule is C=CCN1C(=O)C(C)Oc2ccc(NC(=O)C3CCCO3)cc21.